The van der Waals surface area contributed by atoms with Crippen LogP contribution in [0.1, 0.15) is 47.5 Å². The zero-order valence-electron chi connectivity index (χ0n) is 9.22. The topological polar surface area (TPSA) is 3.24 Å². The van der Waals surface area contributed by atoms with Gasteiger partial charge in [0.1, 0.15) is 0 Å². The average Bonchev–Trinajstić information content (AvgIpc) is 2.27. The third-order valence-corrected chi connectivity index (χ3v) is 3.42. The first-order chi connectivity index (χ1) is 5.45. The molecule has 72 valence electrons. The van der Waals surface area contributed by atoms with Crippen molar-refractivity contribution in [3.05, 3.63) is 0 Å². The second-order valence-corrected chi connectivity index (χ2v) is 5.09. The smallest absolute Gasteiger partial charge is 0.0156 e. The normalized spacial score (nSPS) is 26.5. The van der Waals surface area contributed by atoms with Gasteiger partial charge in [-0.25, -0.2) is 0 Å². The molecule has 1 heteroatoms. The van der Waals surface area contributed by atoms with E-state index in [4.69, 9.17) is 0 Å². The Balaban J connectivity index is 2.62. The van der Waals surface area contributed by atoms with Crippen molar-refractivity contribution in [2.45, 2.75) is 59.0 Å². The molecule has 0 aromatic heterocycles. The van der Waals surface area contributed by atoms with E-state index in [1.54, 1.807) is 0 Å². The van der Waals surface area contributed by atoms with Gasteiger partial charge in [0.25, 0.3) is 0 Å². The molecule has 1 saturated heterocycles. The fourth-order valence-corrected chi connectivity index (χ4v) is 2.24. The molecule has 0 spiro atoms. The lowest BCUT2D eigenvalue weighted by atomic mass is 9.97. The minimum absolute atomic E-state index is 0.448. The van der Waals surface area contributed by atoms with Crippen LogP contribution >= 0.6 is 0 Å². The van der Waals surface area contributed by atoms with E-state index in [1.165, 1.54) is 19.4 Å². The van der Waals surface area contributed by atoms with E-state index in [2.05, 4.69) is 39.5 Å². The van der Waals surface area contributed by atoms with Gasteiger partial charge < -0.3 is 0 Å². The summed E-state index contributed by atoms with van der Waals surface area (Å²) in [6.45, 7) is 13.0. The van der Waals surface area contributed by atoms with Crippen LogP contribution in [0.4, 0.5) is 0 Å². The van der Waals surface area contributed by atoms with E-state index in [1.807, 2.05) is 0 Å². The SMILES string of the molecule is CC(C)C(C)N1CCCC1(C)C. The van der Waals surface area contributed by atoms with Crippen LogP contribution in [0.2, 0.25) is 0 Å². The Morgan fingerprint density at radius 2 is 1.75 bits per heavy atom. The van der Waals surface area contributed by atoms with Gasteiger partial charge in [0, 0.05) is 11.6 Å². The van der Waals surface area contributed by atoms with Crippen molar-refractivity contribution >= 4 is 0 Å². The fourth-order valence-electron chi connectivity index (χ4n) is 2.24. The summed E-state index contributed by atoms with van der Waals surface area (Å²) in [4.78, 5) is 2.66. The van der Waals surface area contributed by atoms with Gasteiger partial charge in [0.2, 0.25) is 0 Å². The first-order valence-corrected chi connectivity index (χ1v) is 5.22. The summed E-state index contributed by atoms with van der Waals surface area (Å²) in [7, 11) is 0. The maximum Gasteiger partial charge on any atom is 0.0156 e. The van der Waals surface area contributed by atoms with Crippen LogP contribution < -0.4 is 0 Å². The predicted molar refractivity (Wildman–Crippen MR) is 54.3 cm³/mol. The zero-order valence-corrected chi connectivity index (χ0v) is 9.22. The molecule has 0 saturated carbocycles. The van der Waals surface area contributed by atoms with E-state index >= 15 is 0 Å². The Labute approximate surface area is 77.1 Å². The summed E-state index contributed by atoms with van der Waals surface area (Å²) in [5.74, 6) is 0.780. The molecule has 1 unspecified atom stereocenters. The van der Waals surface area contributed by atoms with E-state index in [9.17, 15) is 0 Å². The number of hydrogen-bond donors (Lipinski definition) is 0. The minimum Gasteiger partial charge on any atom is -0.295 e. The van der Waals surface area contributed by atoms with Crippen molar-refractivity contribution in [1.29, 1.82) is 0 Å². The molecular formula is C11H23N. The first-order valence-electron chi connectivity index (χ1n) is 5.22. The van der Waals surface area contributed by atoms with Gasteiger partial charge in [-0.15, -0.1) is 0 Å². The summed E-state index contributed by atoms with van der Waals surface area (Å²) in [6.07, 6.45) is 2.74. The quantitative estimate of drug-likeness (QED) is 0.614. The molecule has 0 radical (unpaired) electrons. The molecule has 1 aliphatic rings. The Bertz CT molecular complexity index is 149. The maximum absolute atomic E-state index is 2.66. The fraction of sp³-hybridized carbons (Fsp3) is 1.00. The third kappa shape index (κ3) is 1.82. The van der Waals surface area contributed by atoms with E-state index < -0.39 is 0 Å². The van der Waals surface area contributed by atoms with Gasteiger partial charge in [-0.2, -0.15) is 0 Å². The third-order valence-electron chi connectivity index (χ3n) is 3.42. The van der Waals surface area contributed by atoms with E-state index in [0.717, 1.165) is 12.0 Å². The van der Waals surface area contributed by atoms with Gasteiger partial charge in [0.15, 0.2) is 0 Å². The summed E-state index contributed by atoms with van der Waals surface area (Å²) >= 11 is 0. The van der Waals surface area contributed by atoms with Gasteiger partial charge in [0.05, 0.1) is 0 Å². The van der Waals surface area contributed by atoms with Crippen molar-refractivity contribution < 1.29 is 0 Å². The van der Waals surface area contributed by atoms with Crippen LogP contribution in [0, 0.1) is 5.92 Å². The van der Waals surface area contributed by atoms with Crippen LogP contribution in [-0.4, -0.2) is 23.0 Å². The molecule has 1 heterocycles. The molecule has 1 aliphatic heterocycles. The average molecular weight is 169 g/mol. The van der Waals surface area contributed by atoms with Crippen molar-refractivity contribution in [2.24, 2.45) is 5.92 Å². The molecule has 0 aliphatic carbocycles. The monoisotopic (exact) mass is 169 g/mol. The molecule has 1 atom stereocenters. The summed E-state index contributed by atoms with van der Waals surface area (Å²) in [5, 5.41) is 0. The Kier molecular flexibility index (Phi) is 2.82. The van der Waals surface area contributed by atoms with Crippen LogP contribution in [0.5, 0.6) is 0 Å². The van der Waals surface area contributed by atoms with Crippen molar-refractivity contribution in [3.63, 3.8) is 0 Å². The lowest BCUT2D eigenvalue weighted by Crippen LogP contribution is -2.46. The standard InChI is InChI=1S/C11H23N/c1-9(2)10(3)12-8-6-7-11(12,4)5/h9-10H,6-8H2,1-5H3. The van der Waals surface area contributed by atoms with E-state index in [-0.39, 0.29) is 0 Å². The molecule has 1 rings (SSSR count). The van der Waals surface area contributed by atoms with E-state index in [0.29, 0.717) is 5.54 Å². The van der Waals surface area contributed by atoms with Crippen LogP contribution in [0.3, 0.4) is 0 Å². The molecule has 0 amide bonds. The second-order valence-electron chi connectivity index (χ2n) is 5.09. The lowest BCUT2D eigenvalue weighted by Gasteiger charge is -2.38. The second kappa shape index (κ2) is 3.37. The van der Waals surface area contributed by atoms with Crippen LogP contribution in [0.25, 0.3) is 0 Å². The van der Waals surface area contributed by atoms with Gasteiger partial charge in [-0.3, -0.25) is 4.90 Å². The summed E-state index contributed by atoms with van der Waals surface area (Å²) in [5.41, 5.74) is 0.448. The highest BCUT2D eigenvalue weighted by Gasteiger charge is 2.35. The number of hydrogen-bond acceptors (Lipinski definition) is 1. The molecule has 0 bridgehead atoms. The summed E-state index contributed by atoms with van der Waals surface area (Å²) in [6, 6.07) is 0.738. The van der Waals surface area contributed by atoms with Crippen molar-refractivity contribution in [2.75, 3.05) is 6.54 Å². The van der Waals surface area contributed by atoms with Crippen LogP contribution in [-0.2, 0) is 0 Å². The zero-order chi connectivity index (χ0) is 9.35. The first kappa shape index (κ1) is 10.0. The summed E-state index contributed by atoms with van der Waals surface area (Å²) < 4.78 is 0. The molecule has 1 nitrogen and oxygen atoms in total. The Morgan fingerprint density at radius 3 is 2.08 bits per heavy atom. The number of likely N-dealkylation sites (tertiary alicyclic amines) is 1. The lowest BCUT2D eigenvalue weighted by molar-refractivity contribution is 0.0972. The molecular weight excluding hydrogens is 146 g/mol. The Hall–Kier alpha value is -0.0400. The minimum atomic E-state index is 0.448. The molecule has 0 aromatic carbocycles. The van der Waals surface area contributed by atoms with Crippen molar-refractivity contribution in [1.82, 2.24) is 4.90 Å². The largest absolute Gasteiger partial charge is 0.295 e. The van der Waals surface area contributed by atoms with Crippen molar-refractivity contribution in [3.8, 4) is 0 Å². The molecule has 0 N–H and O–H groups in total. The highest BCUT2D eigenvalue weighted by molar-refractivity contribution is 4.91. The Morgan fingerprint density at radius 1 is 1.17 bits per heavy atom. The van der Waals surface area contributed by atoms with Gasteiger partial charge in [-0.05, 0) is 46.1 Å². The van der Waals surface area contributed by atoms with Crippen LogP contribution in [0.15, 0.2) is 0 Å². The highest BCUT2D eigenvalue weighted by atomic mass is 15.2. The molecule has 12 heavy (non-hydrogen) atoms. The molecule has 1 fully saturated rings. The number of nitrogens with zero attached hydrogens (tertiary/aromatic N) is 1. The number of rotatable bonds is 2. The highest BCUT2D eigenvalue weighted by Crippen LogP contribution is 2.31. The van der Waals surface area contributed by atoms with Gasteiger partial charge in [-0.1, -0.05) is 13.8 Å². The molecule has 0 aromatic rings. The maximum atomic E-state index is 2.66. The van der Waals surface area contributed by atoms with Gasteiger partial charge >= 0.3 is 0 Å². The predicted octanol–water partition coefficient (Wildman–Crippen LogP) is 2.91.